The fourth-order valence-corrected chi connectivity index (χ4v) is 3.54. The van der Waals surface area contributed by atoms with Crippen LogP contribution in [0.15, 0.2) is 53.4 Å². The molecule has 0 aliphatic carbocycles. The van der Waals surface area contributed by atoms with E-state index in [1.54, 1.807) is 31.2 Å². The normalized spacial score (nSPS) is 10.9. The largest absolute Gasteiger partial charge is 0.466 e. The molecule has 0 fully saturated rings. The standard InChI is InChI=1S/C18H19IN2O5S/c1-2-26-18(23)12-11-17(22)20-14-7-9-16(10-8-14)27(24,25)21-15-5-3-13(19)4-6-15/h3-10,21H,2,11-12H2,1H3,(H,20,22). The summed E-state index contributed by atoms with van der Waals surface area (Å²) in [5, 5.41) is 2.61. The van der Waals surface area contributed by atoms with Gasteiger partial charge in [-0.2, -0.15) is 0 Å². The van der Waals surface area contributed by atoms with E-state index in [1.165, 1.54) is 24.3 Å². The number of ether oxygens (including phenoxy) is 1. The molecule has 2 aromatic carbocycles. The molecule has 7 nitrogen and oxygen atoms in total. The maximum absolute atomic E-state index is 12.4. The van der Waals surface area contributed by atoms with E-state index in [4.69, 9.17) is 4.74 Å². The monoisotopic (exact) mass is 502 g/mol. The number of sulfonamides is 1. The lowest BCUT2D eigenvalue weighted by atomic mass is 10.2. The Morgan fingerprint density at radius 1 is 0.963 bits per heavy atom. The number of halogens is 1. The van der Waals surface area contributed by atoms with E-state index < -0.39 is 16.0 Å². The molecule has 0 bridgehead atoms. The second-order valence-corrected chi connectivity index (χ2v) is 8.42. The van der Waals surface area contributed by atoms with Crippen LogP contribution in [0, 0.1) is 3.57 Å². The molecule has 0 unspecified atom stereocenters. The van der Waals surface area contributed by atoms with Crippen LogP contribution in [0.3, 0.4) is 0 Å². The second-order valence-electron chi connectivity index (χ2n) is 5.49. The summed E-state index contributed by atoms with van der Waals surface area (Å²) in [6.07, 6.45) is -0.0146. The third-order valence-corrected chi connectivity index (χ3v) is 5.52. The van der Waals surface area contributed by atoms with Crippen molar-refractivity contribution in [2.45, 2.75) is 24.7 Å². The molecule has 0 saturated carbocycles. The molecule has 2 N–H and O–H groups in total. The van der Waals surface area contributed by atoms with Crippen molar-refractivity contribution in [1.29, 1.82) is 0 Å². The molecular weight excluding hydrogens is 483 g/mol. The van der Waals surface area contributed by atoms with E-state index in [0.29, 0.717) is 11.4 Å². The summed E-state index contributed by atoms with van der Waals surface area (Å²) in [7, 11) is -3.73. The van der Waals surface area contributed by atoms with E-state index in [-0.39, 0.29) is 30.3 Å². The Morgan fingerprint density at radius 2 is 1.56 bits per heavy atom. The highest BCUT2D eigenvalue weighted by atomic mass is 127. The van der Waals surface area contributed by atoms with Gasteiger partial charge < -0.3 is 10.1 Å². The fraction of sp³-hybridized carbons (Fsp3) is 0.222. The zero-order chi connectivity index (χ0) is 19.9. The number of hydrogen-bond acceptors (Lipinski definition) is 5. The van der Waals surface area contributed by atoms with Gasteiger partial charge in [-0.1, -0.05) is 0 Å². The van der Waals surface area contributed by atoms with E-state index >= 15 is 0 Å². The van der Waals surface area contributed by atoms with E-state index in [0.717, 1.165) is 3.57 Å². The lowest BCUT2D eigenvalue weighted by Gasteiger charge is -2.09. The summed E-state index contributed by atoms with van der Waals surface area (Å²) in [6.45, 7) is 1.97. The minimum absolute atomic E-state index is 0.00670. The van der Waals surface area contributed by atoms with Gasteiger partial charge in [-0.3, -0.25) is 14.3 Å². The second kappa shape index (κ2) is 9.70. The van der Waals surface area contributed by atoms with Gasteiger partial charge >= 0.3 is 5.97 Å². The molecule has 0 aliphatic rings. The summed E-state index contributed by atoms with van der Waals surface area (Å²) >= 11 is 2.13. The number of rotatable bonds is 8. The summed E-state index contributed by atoms with van der Waals surface area (Å²) in [5.74, 6) is -0.786. The Kier molecular flexibility index (Phi) is 7.60. The predicted octanol–water partition coefficient (Wildman–Crippen LogP) is 3.37. The molecule has 2 aromatic rings. The number of esters is 1. The van der Waals surface area contributed by atoms with Crippen molar-refractivity contribution in [3.63, 3.8) is 0 Å². The number of carbonyl (C=O) groups is 2. The third kappa shape index (κ3) is 6.83. The van der Waals surface area contributed by atoms with Crippen LogP contribution >= 0.6 is 22.6 Å². The summed E-state index contributed by atoms with van der Waals surface area (Å²) < 4.78 is 33.1. The molecule has 0 spiro atoms. The highest BCUT2D eigenvalue weighted by molar-refractivity contribution is 14.1. The SMILES string of the molecule is CCOC(=O)CCC(=O)Nc1ccc(S(=O)(=O)Nc2ccc(I)cc2)cc1. The number of benzene rings is 2. The predicted molar refractivity (Wildman–Crippen MR) is 111 cm³/mol. The van der Waals surface area contributed by atoms with Crippen molar-refractivity contribution >= 4 is 55.9 Å². The summed E-state index contributed by atoms with van der Waals surface area (Å²) in [4.78, 5) is 23.1. The maximum atomic E-state index is 12.4. The van der Waals surface area contributed by atoms with Crippen LogP contribution in [0.4, 0.5) is 11.4 Å². The zero-order valence-corrected chi connectivity index (χ0v) is 17.5. The van der Waals surface area contributed by atoms with Gasteiger partial charge in [0.2, 0.25) is 5.91 Å². The number of anilines is 2. The van der Waals surface area contributed by atoms with Gasteiger partial charge in [0.15, 0.2) is 0 Å². The van der Waals surface area contributed by atoms with Gasteiger partial charge in [-0.25, -0.2) is 8.42 Å². The Hall–Kier alpha value is -2.14. The van der Waals surface area contributed by atoms with Crippen LogP contribution in [-0.4, -0.2) is 26.9 Å². The van der Waals surface area contributed by atoms with Crippen molar-refractivity contribution in [3.05, 3.63) is 52.1 Å². The van der Waals surface area contributed by atoms with Crippen LogP contribution in [0.25, 0.3) is 0 Å². The lowest BCUT2D eigenvalue weighted by molar-refractivity contribution is -0.144. The third-order valence-electron chi connectivity index (χ3n) is 3.41. The molecule has 0 saturated heterocycles. The molecule has 0 radical (unpaired) electrons. The first-order valence-electron chi connectivity index (χ1n) is 8.14. The molecule has 2 rings (SSSR count). The maximum Gasteiger partial charge on any atom is 0.306 e. The Morgan fingerprint density at radius 3 is 2.15 bits per heavy atom. The highest BCUT2D eigenvalue weighted by Crippen LogP contribution is 2.19. The molecule has 1 amide bonds. The van der Waals surface area contributed by atoms with Crippen LogP contribution in [-0.2, 0) is 24.3 Å². The fourth-order valence-electron chi connectivity index (χ4n) is 2.12. The number of amides is 1. The van der Waals surface area contributed by atoms with Gasteiger partial charge in [-0.15, -0.1) is 0 Å². The molecule has 0 aromatic heterocycles. The van der Waals surface area contributed by atoms with Crippen molar-refractivity contribution in [3.8, 4) is 0 Å². The van der Waals surface area contributed by atoms with E-state index in [1.807, 2.05) is 0 Å². The summed E-state index contributed by atoms with van der Waals surface area (Å²) in [5.41, 5.74) is 0.906. The molecule has 0 heterocycles. The smallest absolute Gasteiger partial charge is 0.306 e. The van der Waals surface area contributed by atoms with Crippen LogP contribution < -0.4 is 10.0 Å². The minimum atomic E-state index is -3.73. The summed E-state index contributed by atoms with van der Waals surface area (Å²) in [6, 6.07) is 12.7. The zero-order valence-electron chi connectivity index (χ0n) is 14.6. The molecule has 0 atom stereocenters. The first-order chi connectivity index (χ1) is 12.8. The van der Waals surface area contributed by atoms with Crippen LogP contribution in [0.1, 0.15) is 19.8 Å². The Labute approximate surface area is 171 Å². The van der Waals surface area contributed by atoms with Crippen molar-refractivity contribution < 1.29 is 22.7 Å². The highest BCUT2D eigenvalue weighted by Gasteiger charge is 2.14. The first-order valence-corrected chi connectivity index (χ1v) is 10.7. The minimum Gasteiger partial charge on any atom is -0.466 e. The number of nitrogens with one attached hydrogen (secondary N) is 2. The van der Waals surface area contributed by atoms with Crippen molar-refractivity contribution in [2.75, 3.05) is 16.6 Å². The average Bonchev–Trinajstić information content (AvgIpc) is 2.62. The molecule has 0 aliphatic heterocycles. The van der Waals surface area contributed by atoms with Gasteiger partial charge in [0.05, 0.1) is 17.9 Å². The van der Waals surface area contributed by atoms with Gasteiger partial charge in [-0.05, 0) is 78.0 Å². The van der Waals surface area contributed by atoms with Crippen LogP contribution in [0.5, 0.6) is 0 Å². The Balaban J connectivity index is 1.96. The molecule has 27 heavy (non-hydrogen) atoms. The van der Waals surface area contributed by atoms with Gasteiger partial charge in [0, 0.05) is 21.4 Å². The average molecular weight is 502 g/mol. The van der Waals surface area contributed by atoms with E-state index in [2.05, 4.69) is 32.6 Å². The van der Waals surface area contributed by atoms with Gasteiger partial charge in [0.25, 0.3) is 10.0 Å². The first kappa shape index (κ1) is 21.2. The Bertz CT molecular complexity index is 896. The molecular formula is C18H19IN2O5S. The number of hydrogen-bond donors (Lipinski definition) is 2. The molecule has 9 heteroatoms. The molecule has 144 valence electrons. The van der Waals surface area contributed by atoms with Crippen LogP contribution in [0.2, 0.25) is 0 Å². The van der Waals surface area contributed by atoms with E-state index in [9.17, 15) is 18.0 Å². The topological polar surface area (TPSA) is 102 Å². The lowest BCUT2D eigenvalue weighted by Crippen LogP contribution is -2.15. The van der Waals surface area contributed by atoms with Gasteiger partial charge in [0.1, 0.15) is 0 Å². The quantitative estimate of drug-likeness (QED) is 0.426. The van der Waals surface area contributed by atoms with Crippen molar-refractivity contribution in [1.82, 2.24) is 0 Å². The van der Waals surface area contributed by atoms with Crippen molar-refractivity contribution in [2.24, 2.45) is 0 Å². The number of carbonyl (C=O) groups excluding carboxylic acids is 2.